The van der Waals surface area contributed by atoms with Crippen LogP contribution < -0.4 is 5.01 Å². The number of hydrogen-bond donors (Lipinski definition) is 0. The zero-order chi connectivity index (χ0) is 24.8. The summed E-state index contributed by atoms with van der Waals surface area (Å²) in [4.78, 5) is 17.1. The maximum absolute atomic E-state index is 14.6. The summed E-state index contributed by atoms with van der Waals surface area (Å²) in [6, 6.07) is 26.4. The fourth-order valence-electron chi connectivity index (χ4n) is 5.39. The van der Waals surface area contributed by atoms with Crippen LogP contribution in [0.3, 0.4) is 0 Å². The molecule has 0 radical (unpaired) electrons. The standard InChI is InChI=1S/C30H36ClN3O/c1-4-20-33(21-5-2)22-19-30(25-14-7-6-8-15-25)26-16-10-12-18-28(26)34(29(30)35)32(3)23-24-13-9-11-17-27(24)31/h6-18H,4-5,19-23H2,1-3H3/t30-/m0/s1. The van der Waals surface area contributed by atoms with Crippen LogP contribution in [0.15, 0.2) is 78.9 Å². The maximum Gasteiger partial charge on any atom is 0.256 e. The van der Waals surface area contributed by atoms with E-state index in [0.717, 1.165) is 61.3 Å². The number of hydrogen-bond acceptors (Lipinski definition) is 3. The molecule has 1 aliphatic rings. The van der Waals surface area contributed by atoms with Crippen molar-refractivity contribution in [3.8, 4) is 0 Å². The van der Waals surface area contributed by atoms with Crippen molar-refractivity contribution in [1.82, 2.24) is 9.91 Å². The van der Waals surface area contributed by atoms with Gasteiger partial charge in [0.15, 0.2) is 0 Å². The van der Waals surface area contributed by atoms with Crippen LogP contribution in [0, 0.1) is 0 Å². The second-order valence-electron chi connectivity index (χ2n) is 9.40. The number of nitrogens with zero attached hydrogens (tertiary/aromatic N) is 3. The highest BCUT2D eigenvalue weighted by Gasteiger charge is 2.53. The predicted molar refractivity (Wildman–Crippen MR) is 146 cm³/mol. The summed E-state index contributed by atoms with van der Waals surface area (Å²) < 4.78 is 0. The summed E-state index contributed by atoms with van der Waals surface area (Å²) in [5, 5.41) is 4.59. The van der Waals surface area contributed by atoms with Gasteiger partial charge in [-0.25, -0.2) is 10.0 Å². The van der Waals surface area contributed by atoms with Gasteiger partial charge in [0.2, 0.25) is 0 Å². The third-order valence-electron chi connectivity index (χ3n) is 7.00. The number of para-hydroxylation sites is 1. The normalized spacial score (nSPS) is 17.4. The molecule has 0 spiro atoms. The maximum atomic E-state index is 14.6. The van der Waals surface area contributed by atoms with E-state index in [1.165, 1.54) is 0 Å². The molecule has 3 aromatic carbocycles. The van der Waals surface area contributed by atoms with Crippen molar-refractivity contribution >= 4 is 23.2 Å². The SMILES string of the molecule is CCCN(CCC)CC[C@@]1(c2ccccc2)C(=O)N(N(C)Cc2ccccc2Cl)c2ccccc21. The molecule has 1 atom stereocenters. The zero-order valence-electron chi connectivity index (χ0n) is 21.1. The lowest BCUT2D eigenvalue weighted by atomic mass is 9.72. The van der Waals surface area contributed by atoms with Crippen molar-refractivity contribution < 1.29 is 4.79 Å². The number of fused-ring (bicyclic) bond motifs is 1. The van der Waals surface area contributed by atoms with E-state index >= 15 is 0 Å². The van der Waals surface area contributed by atoms with Gasteiger partial charge in [-0.05, 0) is 67.7 Å². The summed E-state index contributed by atoms with van der Waals surface area (Å²) >= 11 is 6.47. The van der Waals surface area contributed by atoms with Crippen molar-refractivity contribution in [3.05, 3.63) is 101 Å². The molecule has 4 nitrogen and oxygen atoms in total. The van der Waals surface area contributed by atoms with Gasteiger partial charge in [-0.1, -0.05) is 92.2 Å². The fourth-order valence-corrected chi connectivity index (χ4v) is 5.58. The largest absolute Gasteiger partial charge is 0.303 e. The lowest BCUT2D eigenvalue weighted by molar-refractivity contribution is -0.125. The Labute approximate surface area is 215 Å². The molecule has 0 saturated heterocycles. The summed E-state index contributed by atoms with van der Waals surface area (Å²) in [6.45, 7) is 7.95. The van der Waals surface area contributed by atoms with E-state index in [4.69, 9.17) is 11.6 Å². The minimum Gasteiger partial charge on any atom is -0.303 e. The van der Waals surface area contributed by atoms with Gasteiger partial charge in [0.1, 0.15) is 5.41 Å². The number of anilines is 1. The molecule has 0 unspecified atom stereocenters. The molecule has 1 amide bonds. The van der Waals surface area contributed by atoms with E-state index in [0.29, 0.717) is 11.6 Å². The molecule has 0 bridgehead atoms. The topological polar surface area (TPSA) is 26.8 Å². The fraction of sp³-hybridized carbons (Fsp3) is 0.367. The highest BCUT2D eigenvalue weighted by molar-refractivity contribution is 6.31. The lowest BCUT2D eigenvalue weighted by Crippen LogP contribution is -2.49. The quantitative estimate of drug-likeness (QED) is 0.306. The van der Waals surface area contributed by atoms with Gasteiger partial charge in [0.25, 0.3) is 5.91 Å². The molecule has 0 aliphatic carbocycles. The molecule has 4 rings (SSSR count). The first kappa shape index (κ1) is 25.4. The average Bonchev–Trinajstić information content (AvgIpc) is 3.13. The molecule has 0 N–H and O–H groups in total. The third kappa shape index (κ3) is 5.02. The van der Waals surface area contributed by atoms with Crippen LogP contribution in [-0.2, 0) is 16.8 Å². The molecular weight excluding hydrogens is 454 g/mol. The van der Waals surface area contributed by atoms with Crippen molar-refractivity contribution in [1.29, 1.82) is 0 Å². The molecular formula is C30H36ClN3O. The summed E-state index contributed by atoms with van der Waals surface area (Å²) in [5.41, 5.74) is 3.35. The Hall–Kier alpha value is -2.66. The average molecular weight is 490 g/mol. The molecule has 1 aliphatic heterocycles. The van der Waals surface area contributed by atoms with E-state index in [1.54, 1.807) is 0 Å². The zero-order valence-corrected chi connectivity index (χ0v) is 21.8. The van der Waals surface area contributed by atoms with Gasteiger partial charge in [-0.2, -0.15) is 0 Å². The van der Waals surface area contributed by atoms with Crippen LogP contribution in [0.5, 0.6) is 0 Å². The Kier molecular flexibility index (Phi) is 8.27. The Morgan fingerprint density at radius 3 is 2.14 bits per heavy atom. The van der Waals surface area contributed by atoms with Crippen LogP contribution in [0.2, 0.25) is 5.02 Å². The number of amides is 1. The second kappa shape index (κ2) is 11.4. The molecule has 0 saturated carbocycles. The Morgan fingerprint density at radius 1 is 0.829 bits per heavy atom. The Morgan fingerprint density at radius 2 is 1.46 bits per heavy atom. The monoisotopic (exact) mass is 489 g/mol. The first-order chi connectivity index (χ1) is 17.0. The smallest absolute Gasteiger partial charge is 0.256 e. The second-order valence-corrected chi connectivity index (χ2v) is 9.81. The highest BCUT2D eigenvalue weighted by Crippen LogP contribution is 2.49. The van der Waals surface area contributed by atoms with Crippen molar-refractivity contribution in [2.24, 2.45) is 0 Å². The van der Waals surface area contributed by atoms with E-state index in [1.807, 2.05) is 65.6 Å². The lowest BCUT2D eigenvalue weighted by Gasteiger charge is -2.34. The van der Waals surface area contributed by atoms with Gasteiger partial charge < -0.3 is 4.90 Å². The number of halogens is 1. The van der Waals surface area contributed by atoms with Gasteiger partial charge >= 0.3 is 0 Å². The van der Waals surface area contributed by atoms with Crippen molar-refractivity contribution in [2.45, 2.75) is 45.1 Å². The first-order valence-electron chi connectivity index (χ1n) is 12.7. The van der Waals surface area contributed by atoms with Gasteiger partial charge in [0.05, 0.1) is 5.69 Å². The van der Waals surface area contributed by atoms with Gasteiger partial charge in [-0.3, -0.25) is 4.79 Å². The van der Waals surface area contributed by atoms with E-state index < -0.39 is 5.41 Å². The predicted octanol–water partition coefficient (Wildman–Crippen LogP) is 6.53. The summed E-state index contributed by atoms with van der Waals surface area (Å²) in [7, 11) is 1.97. The third-order valence-corrected chi connectivity index (χ3v) is 7.37. The molecule has 0 fully saturated rings. The van der Waals surface area contributed by atoms with Crippen LogP contribution in [0.25, 0.3) is 0 Å². The molecule has 5 heteroatoms. The number of hydrazine groups is 1. The van der Waals surface area contributed by atoms with E-state index in [-0.39, 0.29) is 5.91 Å². The minimum atomic E-state index is -0.730. The number of carbonyl (C=O) groups is 1. The Bertz CT molecular complexity index is 1130. The molecule has 184 valence electrons. The molecule has 3 aromatic rings. The van der Waals surface area contributed by atoms with Gasteiger partial charge in [-0.15, -0.1) is 0 Å². The van der Waals surface area contributed by atoms with Gasteiger partial charge in [0, 0.05) is 18.6 Å². The molecule has 1 heterocycles. The Balaban J connectivity index is 1.76. The highest BCUT2D eigenvalue weighted by atomic mass is 35.5. The number of benzene rings is 3. The van der Waals surface area contributed by atoms with Crippen LogP contribution in [0.4, 0.5) is 5.69 Å². The van der Waals surface area contributed by atoms with Crippen molar-refractivity contribution in [2.75, 3.05) is 31.7 Å². The van der Waals surface area contributed by atoms with E-state index in [9.17, 15) is 4.79 Å². The van der Waals surface area contributed by atoms with Crippen LogP contribution >= 0.6 is 11.6 Å². The number of carbonyl (C=O) groups excluding carboxylic acids is 1. The first-order valence-corrected chi connectivity index (χ1v) is 13.1. The molecule has 0 aromatic heterocycles. The van der Waals surface area contributed by atoms with Crippen LogP contribution in [-0.4, -0.2) is 42.5 Å². The van der Waals surface area contributed by atoms with Crippen LogP contribution in [0.1, 0.15) is 49.8 Å². The summed E-state index contributed by atoms with van der Waals surface area (Å²) in [5.74, 6) is 0.104. The summed E-state index contributed by atoms with van der Waals surface area (Å²) in [6.07, 6.45) is 2.95. The minimum absolute atomic E-state index is 0.104. The molecule has 35 heavy (non-hydrogen) atoms. The number of rotatable bonds is 11. The van der Waals surface area contributed by atoms with Crippen molar-refractivity contribution in [3.63, 3.8) is 0 Å². The van der Waals surface area contributed by atoms with E-state index in [2.05, 4.69) is 49.1 Å².